The number of rotatable bonds is 6. The van der Waals surface area contributed by atoms with E-state index in [-0.39, 0.29) is 16.9 Å². The Kier molecular flexibility index (Phi) is 6.13. The molecule has 8 heteroatoms. The van der Waals surface area contributed by atoms with Gasteiger partial charge >= 0.3 is 0 Å². The molecule has 1 unspecified atom stereocenters. The smallest absolute Gasteiger partial charge is 0.261 e. The van der Waals surface area contributed by atoms with E-state index in [2.05, 4.69) is 9.71 Å². The van der Waals surface area contributed by atoms with Crippen molar-refractivity contribution >= 4 is 32.5 Å². The minimum absolute atomic E-state index is 0.111. The number of amides is 1. The zero-order valence-corrected chi connectivity index (χ0v) is 20.0. The number of carbonyl (C=O) groups is 1. The van der Waals surface area contributed by atoms with Crippen molar-refractivity contribution in [1.29, 1.82) is 0 Å². The molecule has 0 saturated carbocycles. The number of fused-ring (bicyclic) bond motifs is 1. The highest BCUT2D eigenvalue weighted by atomic mass is 32.2. The number of nitrogens with one attached hydrogen (secondary N) is 1. The average molecular weight is 488 g/mol. The first-order valence-corrected chi connectivity index (χ1v) is 12.9. The van der Waals surface area contributed by atoms with Crippen LogP contribution in [0.1, 0.15) is 22.3 Å². The summed E-state index contributed by atoms with van der Waals surface area (Å²) in [5, 5.41) is 1.01. The van der Waals surface area contributed by atoms with Crippen molar-refractivity contribution in [2.45, 2.75) is 24.3 Å². The summed E-state index contributed by atoms with van der Waals surface area (Å²) in [7, 11) is -3.70. The third-order valence-electron chi connectivity index (χ3n) is 6.01. The van der Waals surface area contributed by atoms with Crippen molar-refractivity contribution in [3.8, 4) is 5.75 Å². The summed E-state index contributed by atoms with van der Waals surface area (Å²) in [6.07, 6.45) is 2.35. The van der Waals surface area contributed by atoms with Gasteiger partial charge < -0.3 is 9.64 Å². The van der Waals surface area contributed by atoms with Gasteiger partial charge in [-0.3, -0.25) is 14.5 Å². The topological polar surface area (TPSA) is 88.6 Å². The van der Waals surface area contributed by atoms with Crippen molar-refractivity contribution in [2.24, 2.45) is 0 Å². The van der Waals surface area contributed by atoms with E-state index in [0.717, 1.165) is 22.9 Å². The number of nitrogens with zero attached hydrogens (tertiary/aromatic N) is 2. The zero-order chi connectivity index (χ0) is 24.4. The molecule has 0 spiro atoms. The molecule has 5 rings (SSSR count). The monoisotopic (exact) mass is 487 g/mol. The summed E-state index contributed by atoms with van der Waals surface area (Å²) in [6, 6.07) is 22.9. The van der Waals surface area contributed by atoms with Gasteiger partial charge in [0.05, 0.1) is 11.4 Å². The van der Waals surface area contributed by atoms with Gasteiger partial charge in [-0.2, -0.15) is 0 Å². The Morgan fingerprint density at radius 1 is 1.03 bits per heavy atom. The van der Waals surface area contributed by atoms with Crippen LogP contribution < -0.4 is 9.46 Å². The molecule has 0 radical (unpaired) electrons. The second-order valence-corrected chi connectivity index (χ2v) is 10.3. The number of sulfonamides is 1. The van der Waals surface area contributed by atoms with E-state index in [9.17, 15) is 13.2 Å². The number of carbonyl (C=O) groups excluding carboxylic acids is 1. The van der Waals surface area contributed by atoms with Crippen molar-refractivity contribution < 1.29 is 17.9 Å². The summed E-state index contributed by atoms with van der Waals surface area (Å²) in [5.41, 5.74) is 2.56. The van der Waals surface area contributed by atoms with Gasteiger partial charge in [0.25, 0.3) is 15.9 Å². The van der Waals surface area contributed by atoms with Crippen molar-refractivity contribution in [1.82, 2.24) is 9.88 Å². The molecule has 35 heavy (non-hydrogen) atoms. The molecule has 1 saturated heterocycles. The number of pyridine rings is 1. The highest BCUT2D eigenvalue weighted by Crippen LogP contribution is 2.27. The second-order valence-electron chi connectivity index (χ2n) is 8.61. The molecule has 7 nitrogen and oxygen atoms in total. The zero-order valence-electron chi connectivity index (χ0n) is 19.2. The van der Waals surface area contributed by atoms with Gasteiger partial charge in [-0.05, 0) is 61.0 Å². The van der Waals surface area contributed by atoms with Crippen LogP contribution in [-0.4, -0.2) is 43.4 Å². The molecule has 1 aliphatic heterocycles. The fourth-order valence-electron chi connectivity index (χ4n) is 4.22. The van der Waals surface area contributed by atoms with E-state index in [1.807, 2.05) is 43.3 Å². The first-order chi connectivity index (χ1) is 16.9. The van der Waals surface area contributed by atoms with Gasteiger partial charge in [0.1, 0.15) is 17.4 Å². The van der Waals surface area contributed by atoms with E-state index in [1.165, 1.54) is 0 Å². The largest absolute Gasteiger partial charge is 0.486 e. The predicted molar refractivity (Wildman–Crippen MR) is 135 cm³/mol. The van der Waals surface area contributed by atoms with Gasteiger partial charge in [-0.15, -0.1) is 0 Å². The number of ether oxygens (including phenoxy) is 1. The first-order valence-electron chi connectivity index (χ1n) is 11.4. The number of benzene rings is 3. The van der Waals surface area contributed by atoms with Gasteiger partial charge in [-0.25, -0.2) is 8.42 Å². The molecule has 1 N–H and O–H groups in total. The second kappa shape index (κ2) is 9.38. The number of para-hydroxylation sites is 1. The number of likely N-dealkylation sites (tertiary alicyclic amines) is 1. The number of aromatic nitrogens is 1. The Labute approximate surface area is 204 Å². The first kappa shape index (κ1) is 22.9. The summed E-state index contributed by atoms with van der Waals surface area (Å²) >= 11 is 0. The van der Waals surface area contributed by atoms with E-state index >= 15 is 0 Å². The van der Waals surface area contributed by atoms with Crippen LogP contribution in [0.3, 0.4) is 0 Å². The maximum Gasteiger partial charge on any atom is 0.261 e. The highest BCUT2D eigenvalue weighted by Gasteiger charge is 2.29. The molecular formula is C27H25N3O4S. The highest BCUT2D eigenvalue weighted by molar-refractivity contribution is 7.92. The Morgan fingerprint density at radius 3 is 2.60 bits per heavy atom. The molecular weight excluding hydrogens is 462 g/mol. The molecule has 1 aromatic heterocycles. The summed E-state index contributed by atoms with van der Waals surface area (Å²) in [4.78, 5) is 19.4. The standard InChI is InChI=1S/C27H25N3O4S/c1-19-5-2-8-24(17-19)35(32,33)29-22-12-10-21(11-13-22)27(31)30-16-14-23(18-30)34-25-9-3-6-20-7-4-15-28-26(20)25/h2-13,15,17,23,29H,14,16,18H2,1H3. The minimum Gasteiger partial charge on any atom is -0.486 e. The Hall–Kier alpha value is -3.91. The maximum atomic E-state index is 13.0. The minimum atomic E-state index is -3.70. The van der Waals surface area contributed by atoms with Crippen LogP contribution >= 0.6 is 0 Å². The van der Waals surface area contributed by atoms with Crippen LogP contribution in [0.5, 0.6) is 5.75 Å². The van der Waals surface area contributed by atoms with Gasteiger partial charge in [-0.1, -0.05) is 30.3 Å². The lowest BCUT2D eigenvalue weighted by atomic mass is 10.2. The molecule has 0 bridgehead atoms. The van der Waals surface area contributed by atoms with Crippen LogP contribution in [0, 0.1) is 6.92 Å². The van der Waals surface area contributed by atoms with Crippen molar-refractivity contribution in [3.05, 3.63) is 96.2 Å². The third-order valence-corrected chi connectivity index (χ3v) is 7.38. The van der Waals surface area contributed by atoms with Crippen molar-refractivity contribution in [3.63, 3.8) is 0 Å². The summed E-state index contributed by atoms with van der Waals surface area (Å²) < 4.78 is 34.1. The Morgan fingerprint density at radius 2 is 1.80 bits per heavy atom. The lowest BCUT2D eigenvalue weighted by molar-refractivity contribution is 0.0773. The maximum absolute atomic E-state index is 13.0. The molecule has 4 aromatic rings. The quantitative estimate of drug-likeness (QED) is 0.428. The van der Waals surface area contributed by atoms with Gasteiger partial charge in [0.2, 0.25) is 0 Å². The normalized spacial score (nSPS) is 15.8. The lowest BCUT2D eigenvalue weighted by Gasteiger charge is -2.18. The third kappa shape index (κ3) is 4.97. The SMILES string of the molecule is Cc1cccc(S(=O)(=O)Nc2ccc(C(=O)N3CCC(Oc4cccc5cccnc45)C3)cc2)c1. The van der Waals surface area contributed by atoms with Crippen LogP contribution in [0.25, 0.3) is 10.9 Å². The molecule has 1 aliphatic rings. The van der Waals surface area contributed by atoms with E-state index < -0.39 is 10.0 Å². The predicted octanol–water partition coefficient (Wildman–Crippen LogP) is 4.64. The Balaban J connectivity index is 1.23. The number of hydrogen-bond donors (Lipinski definition) is 1. The van der Waals surface area contributed by atoms with E-state index in [0.29, 0.717) is 30.1 Å². The van der Waals surface area contributed by atoms with Crippen LogP contribution in [0.2, 0.25) is 0 Å². The molecule has 2 heterocycles. The average Bonchev–Trinajstić information content (AvgIpc) is 3.33. The summed E-state index contributed by atoms with van der Waals surface area (Å²) in [5.74, 6) is 0.605. The van der Waals surface area contributed by atoms with Gasteiger partial charge in [0, 0.05) is 35.8 Å². The number of anilines is 1. The molecule has 0 aliphatic carbocycles. The molecule has 1 atom stereocenters. The number of hydrogen-bond acceptors (Lipinski definition) is 5. The number of aryl methyl sites for hydroxylation is 1. The fraction of sp³-hybridized carbons (Fsp3) is 0.185. The Bertz CT molecular complexity index is 1480. The fourth-order valence-corrected chi connectivity index (χ4v) is 5.38. The van der Waals surface area contributed by atoms with E-state index in [4.69, 9.17) is 4.74 Å². The molecule has 1 amide bonds. The molecule has 178 valence electrons. The molecule has 3 aromatic carbocycles. The van der Waals surface area contributed by atoms with Crippen LogP contribution in [0.4, 0.5) is 5.69 Å². The van der Waals surface area contributed by atoms with Crippen molar-refractivity contribution in [2.75, 3.05) is 17.8 Å². The molecule has 1 fully saturated rings. The van der Waals surface area contributed by atoms with E-state index in [1.54, 1.807) is 53.6 Å². The van der Waals surface area contributed by atoms with Crippen LogP contribution in [-0.2, 0) is 10.0 Å². The van der Waals surface area contributed by atoms with Gasteiger partial charge in [0.15, 0.2) is 0 Å². The van der Waals surface area contributed by atoms with Crippen LogP contribution in [0.15, 0.2) is 90.0 Å². The summed E-state index contributed by atoms with van der Waals surface area (Å²) in [6.45, 7) is 2.90. The lowest BCUT2D eigenvalue weighted by Crippen LogP contribution is -2.31.